The second-order valence-electron chi connectivity index (χ2n) is 31.0. The number of carboxylic acid groups (broad SMARTS) is 1. The first-order valence-corrected chi connectivity index (χ1v) is 44.6. The zero-order valence-corrected chi connectivity index (χ0v) is 73.0. The van der Waals surface area contributed by atoms with Crippen molar-refractivity contribution in [1.82, 2.24) is 59.4 Å². The van der Waals surface area contributed by atoms with Crippen LogP contribution in [0.1, 0.15) is 249 Å². The van der Waals surface area contributed by atoms with Gasteiger partial charge in [0, 0.05) is 25.7 Å². The summed E-state index contributed by atoms with van der Waals surface area (Å²) in [6.45, 7) is 26.7. The van der Waals surface area contributed by atoms with E-state index < -0.39 is 91.4 Å². The number of aromatic nitrogens is 8. The van der Waals surface area contributed by atoms with Gasteiger partial charge in [-0.15, -0.1) is 0 Å². The SMILES string of the molecule is CCCCCCOC(=O)C(C)(C)NP(=O)(CO[C@H](C)Cn1cnc2c(N)ncnc21)NC(C)(C)C(=O)OCCCCCC.CCCCCCOC(=O)C(C)(C)NP(=O)(CO[C@H](C)Cn1cnc2c(NC(=O)CCCC(=O)OCc3ccccc3)ncnc21)NC(C)(C)C(=O)OCCCCCC.O=C(O)CCCC(=O)OCc1ccccc1. The summed E-state index contributed by atoms with van der Waals surface area (Å²) in [5.41, 5.74) is 4.04. The summed E-state index contributed by atoms with van der Waals surface area (Å²) in [4.78, 5) is 124. The maximum atomic E-state index is 14.7. The number of imidazole rings is 2. The third kappa shape index (κ3) is 38.7. The van der Waals surface area contributed by atoms with E-state index in [0.717, 1.165) is 114 Å². The molecule has 0 aliphatic carbocycles. The fourth-order valence-electron chi connectivity index (χ4n) is 11.5. The number of nitrogens with two attached hydrogens (primary N) is 1. The Labute approximate surface area is 689 Å². The number of hydrogen-bond acceptors (Lipinski definition) is 25. The van der Waals surface area contributed by atoms with Gasteiger partial charge in [-0.3, -0.25) is 47.5 Å². The molecule has 6 aromatic rings. The Kier molecular flexibility index (Phi) is 45.0. The van der Waals surface area contributed by atoms with Crippen LogP contribution in [0.4, 0.5) is 11.6 Å². The molecule has 0 saturated carbocycles. The first kappa shape index (κ1) is 101. The summed E-state index contributed by atoms with van der Waals surface area (Å²) in [6, 6.07) is 18.7. The molecule has 652 valence electrons. The monoisotopic (exact) mass is 1680 g/mol. The lowest BCUT2D eigenvalue weighted by atomic mass is 10.1. The van der Waals surface area contributed by atoms with Crippen LogP contribution >= 0.6 is 14.9 Å². The van der Waals surface area contributed by atoms with Crippen LogP contribution in [0.5, 0.6) is 0 Å². The van der Waals surface area contributed by atoms with Crippen LogP contribution in [0.15, 0.2) is 86.0 Å². The molecule has 117 heavy (non-hydrogen) atoms. The molecule has 1 amide bonds. The maximum Gasteiger partial charge on any atom is 0.326 e. The Hall–Kier alpha value is -8.68. The van der Waals surface area contributed by atoms with Crippen LogP contribution in [0.25, 0.3) is 22.3 Å². The zero-order chi connectivity index (χ0) is 86.5. The molecule has 35 heteroatoms. The van der Waals surface area contributed by atoms with Crippen molar-refractivity contribution in [2.45, 2.75) is 299 Å². The molecule has 0 bridgehead atoms. The number of nitrogens with zero attached hydrogens (tertiary/aromatic N) is 8. The lowest BCUT2D eigenvalue weighted by molar-refractivity contribution is -0.150. The van der Waals surface area contributed by atoms with Gasteiger partial charge in [0.25, 0.3) is 0 Å². The van der Waals surface area contributed by atoms with Crippen molar-refractivity contribution < 1.29 is 90.5 Å². The number of fused-ring (bicyclic) bond motifs is 2. The number of hydrogen-bond donors (Lipinski definition) is 7. The Morgan fingerprint density at radius 1 is 0.436 bits per heavy atom. The number of unbranched alkanes of at least 4 members (excludes halogenated alkanes) is 12. The average Bonchev–Trinajstić information content (AvgIpc) is 1.43. The number of carboxylic acids is 1. The Bertz CT molecular complexity index is 4020. The molecule has 6 rings (SSSR count). The summed E-state index contributed by atoms with van der Waals surface area (Å²) in [7, 11) is -7.63. The number of nitrogen functional groups attached to an aromatic ring is 1. The topological polar surface area (TPSA) is 438 Å². The summed E-state index contributed by atoms with van der Waals surface area (Å²) in [6.07, 6.45) is 20.2. The molecule has 0 spiro atoms. The first-order chi connectivity index (χ1) is 55.5. The lowest BCUT2D eigenvalue weighted by Gasteiger charge is -2.35. The predicted octanol–water partition coefficient (Wildman–Crippen LogP) is 14.1. The van der Waals surface area contributed by atoms with Gasteiger partial charge < -0.3 is 63.2 Å². The quantitative estimate of drug-likeness (QED) is 0.00807. The number of benzene rings is 2. The van der Waals surface area contributed by atoms with Gasteiger partial charge in [0.15, 0.2) is 28.4 Å². The summed E-state index contributed by atoms with van der Waals surface area (Å²) in [5.74, 6) is -3.74. The molecule has 0 aliphatic heterocycles. The molecular formula is C82H130N14O19P2. The molecule has 0 aliphatic rings. The molecule has 0 unspecified atom stereocenters. The Balaban J connectivity index is 0.000000425. The number of aliphatic carboxylic acids is 1. The third-order valence-corrected chi connectivity index (χ3v) is 22.6. The van der Waals surface area contributed by atoms with E-state index in [2.05, 4.69) is 83.3 Å². The van der Waals surface area contributed by atoms with E-state index in [4.69, 9.17) is 48.7 Å². The summed E-state index contributed by atoms with van der Waals surface area (Å²) >= 11 is 0. The minimum atomic E-state index is -3.87. The van der Waals surface area contributed by atoms with Gasteiger partial charge in [-0.1, -0.05) is 165 Å². The van der Waals surface area contributed by atoms with E-state index in [9.17, 15) is 47.5 Å². The van der Waals surface area contributed by atoms with Crippen LogP contribution in [0.2, 0.25) is 0 Å². The summed E-state index contributed by atoms with van der Waals surface area (Å²) in [5, 5.41) is 22.9. The molecule has 4 heterocycles. The third-order valence-electron chi connectivity index (χ3n) is 17.9. The highest BCUT2D eigenvalue weighted by Gasteiger charge is 2.45. The minimum absolute atomic E-state index is 0.000434. The largest absolute Gasteiger partial charge is 0.481 e. The van der Waals surface area contributed by atoms with Crippen molar-refractivity contribution in [3.63, 3.8) is 0 Å². The van der Waals surface area contributed by atoms with Crippen LogP contribution < -0.4 is 31.4 Å². The maximum absolute atomic E-state index is 14.7. The molecule has 8 N–H and O–H groups in total. The van der Waals surface area contributed by atoms with Crippen LogP contribution in [-0.4, -0.2) is 165 Å². The van der Waals surface area contributed by atoms with Crippen molar-refractivity contribution in [2.75, 3.05) is 50.2 Å². The molecule has 0 radical (unpaired) electrons. The number of esters is 6. The van der Waals surface area contributed by atoms with Crippen molar-refractivity contribution >= 4 is 96.5 Å². The van der Waals surface area contributed by atoms with Crippen molar-refractivity contribution in [2.24, 2.45) is 0 Å². The molecule has 2 atom stereocenters. The van der Waals surface area contributed by atoms with Crippen molar-refractivity contribution in [3.8, 4) is 0 Å². The highest BCUT2D eigenvalue weighted by Crippen LogP contribution is 2.44. The first-order valence-electron chi connectivity index (χ1n) is 40.8. The number of nitrogens with one attached hydrogen (secondary N) is 5. The number of amides is 1. The molecule has 0 saturated heterocycles. The second-order valence-corrected chi connectivity index (χ2v) is 35.4. The van der Waals surface area contributed by atoms with E-state index in [1.54, 1.807) is 77.8 Å². The Morgan fingerprint density at radius 2 is 0.778 bits per heavy atom. The normalized spacial score (nSPS) is 12.5. The van der Waals surface area contributed by atoms with Gasteiger partial charge in [-0.05, 0) is 119 Å². The van der Waals surface area contributed by atoms with Gasteiger partial charge in [0.05, 0.1) is 64.4 Å². The van der Waals surface area contributed by atoms with E-state index >= 15 is 0 Å². The van der Waals surface area contributed by atoms with Crippen LogP contribution in [-0.2, 0) is 112 Å². The van der Waals surface area contributed by atoms with Gasteiger partial charge >= 0.3 is 41.8 Å². The van der Waals surface area contributed by atoms with Crippen LogP contribution in [0, 0.1) is 0 Å². The number of ether oxygens (including phenoxy) is 8. The van der Waals surface area contributed by atoms with E-state index in [1.165, 1.54) is 19.0 Å². The standard InChI is InChI=1S/C41H64N7O9P.C29H52N7O6P.C12H14O4/c1-8-10-12-17-24-54-38(51)40(4,5)46-58(53,47-41(6,7)39(52)55-25-18-13-11-9-2)30-57-31(3)26-48-29-44-35-36(42-28-43-37(35)48)45-33(49)22-19-23-34(50)56-27-32-20-15-14-16-21-32;1-8-10-12-14-16-40-26(37)28(4,5)34-43(39,35-29(6,7)27(38)41-17-15-13-11-9-2)21-42-22(3)18-36-20-33-23-24(30)31-19-32-25(23)36;13-11(14)7-4-8-12(15)16-9-10-5-2-1-3-6-10/h14-16,20-21,28-29,31H,8-13,17-19,22-27,30H2,1-7H3,(H2,46,47,53)(H,42,43,45,49);19-20,22H,8-18,21H2,1-7H3,(H2,30,31,32)(H2,34,35,39);1-3,5-6H,4,7-9H2,(H,13,14)/t31-;22-;/m11./s1. The molecular weight excluding hydrogens is 1550 g/mol. The highest BCUT2D eigenvalue weighted by molar-refractivity contribution is 7.60. The van der Waals surface area contributed by atoms with E-state index in [0.29, 0.717) is 41.7 Å². The number of rotatable bonds is 55. The van der Waals surface area contributed by atoms with Gasteiger partial charge in [0.2, 0.25) is 20.8 Å². The van der Waals surface area contributed by atoms with Gasteiger partial charge in [0.1, 0.15) is 66.2 Å². The average molecular weight is 1680 g/mol. The smallest absolute Gasteiger partial charge is 0.326 e. The van der Waals surface area contributed by atoms with Gasteiger partial charge in [-0.25, -0.2) is 50.3 Å². The number of anilines is 2. The van der Waals surface area contributed by atoms with Crippen molar-refractivity contribution in [1.29, 1.82) is 0 Å². The zero-order valence-electron chi connectivity index (χ0n) is 71.2. The van der Waals surface area contributed by atoms with Crippen molar-refractivity contribution in [3.05, 3.63) is 97.1 Å². The van der Waals surface area contributed by atoms with E-state index in [-0.39, 0.29) is 102 Å². The number of carbonyl (C=O) groups excluding carboxylic acids is 7. The second kappa shape index (κ2) is 52.3. The highest BCUT2D eigenvalue weighted by atomic mass is 31.2. The number of carbonyl (C=O) groups is 8. The predicted molar refractivity (Wildman–Crippen MR) is 447 cm³/mol. The molecule has 4 aromatic heterocycles. The minimum Gasteiger partial charge on any atom is -0.481 e. The van der Waals surface area contributed by atoms with Gasteiger partial charge in [-0.2, -0.15) is 0 Å². The molecule has 33 nitrogen and oxygen atoms in total. The Morgan fingerprint density at radius 3 is 1.14 bits per heavy atom. The molecule has 2 aromatic carbocycles. The fourth-order valence-corrected chi connectivity index (χ4v) is 16.8. The van der Waals surface area contributed by atoms with E-state index in [1.807, 2.05) is 67.6 Å². The summed E-state index contributed by atoms with van der Waals surface area (Å²) < 4.78 is 77.1. The lowest BCUT2D eigenvalue weighted by Crippen LogP contribution is -2.54. The fraction of sp³-hybridized carbons (Fsp3) is 0.634. The molecule has 0 fully saturated rings. The van der Waals surface area contributed by atoms with Crippen LogP contribution in [0.3, 0.4) is 0 Å².